The summed E-state index contributed by atoms with van der Waals surface area (Å²) in [5.41, 5.74) is 2.96. The average molecular weight is 330 g/mol. The fourth-order valence-corrected chi connectivity index (χ4v) is 1.84. The summed E-state index contributed by atoms with van der Waals surface area (Å²) in [4.78, 5) is 11.6. The van der Waals surface area contributed by atoms with Crippen molar-refractivity contribution in [2.45, 2.75) is 0 Å². The first-order valence-corrected chi connectivity index (χ1v) is 6.90. The standard InChI is InChI=1S/C16H12ClN3O3/c17-13-5-6-14(21)12(7-13)9-19-20-16(22)10-23-15-4-2-1-3-11(15)8-18/h1-7,9,21H,10H2,(H,20,22)/b19-9+. The highest BCUT2D eigenvalue weighted by atomic mass is 35.5. The smallest absolute Gasteiger partial charge is 0.277 e. The molecule has 2 N–H and O–H groups in total. The number of hydrogen-bond acceptors (Lipinski definition) is 5. The van der Waals surface area contributed by atoms with E-state index in [1.165, 1.54) is 24.4 Å². The molecule has 0 atom stereocenters. The van der Waals surface area contributed by atoms with E-state index in [0.29, 0.717) is 21.9 Å². The fraction of sp³-hybridized carbons (Fsp3) is 0.0625. The number of amides is 1. The van der Waals surface area contributed by atoms with E-state index < -0.39 is 5.91 Å². The first-order chi connectivity index (χ1) is 11.1. The van der Waals surface area contributed by atoms with E-state index in [0.717, 1.165) is 0 Å². The van der Waals surface area contributed by atoms with Crippen LogP contribution in [0.5, 0.6) is 11.5 Å². The van der Waals surface area contributed by atoms with Gasteiger partial charge >= 0.3 is 0 Å². The Labute approximate surface area is 137 Å². The molecule has 0 heterocycles. The molecule has 2 rings (SSSR count). The number of carbonyl (C=O) groups excluding carboxylic acids is 1. The Kier molecular flexibility index (Phi) is 5.56. The quantitative estimate of drug-likeness (QED) is 0.650. The molecule has 2 aromatic carbocycles. The minimum atomic E-state index is -0.504. The molecule has 7 heteroatoms. The molecule has 0 aliphatic heterocycles. The van der Waals surface area contributed by atoms with Crippen LogP contribution < -0.4 is 10.2 Å². The number of benzene rings is 2. The maximum Gasteiger partial charge on any atom is 0.277 e. The van der Waals surface area contributed by atoms with Crippen molar-refractivity contribution in [3.8, 4) is 17.6 Å². The average Bonchev–Trinajstić information content (AvgIpc) is 2.56. The van der Waals surface area contributed by atoms with Crippen molar-refractivity contribution < 1.29 is 14.6 Å². The van der Waals surface area contributed by atoms with Gasteiger partial charge in [-0.3, -0.25) is 4.79 Å². The van der Waals surface area contributed by atoms with Crippen LogP contribution in [-0.4, -0.2) is 23.8 Å². The monoisotopic (exact) mass is 329 g/mol. The molecule has 2 aromatic rings. The van der Waals surface area contributed by atoms with Gasteiger partial charge in [-0.1, -0.05) is 23.7 Å². The third kappa shape index (κ3) is 4.73. The summed E-state index contributed by atoms with van der Waals surface area (Å²) < 4.78 is 5.26. The molecule has 1 amide bonds. The number of halogens is 1. The normalized spacial score (nSPS) is 10.3. The second-order valence-electron chi connectivity index (χ2n) is 4.39. The minimum absolute atomic E-state index is 0.00778. The summed E-state index contributed by atoms with van der Waals surface area (Å²) >= 11 is 5.80. The van der Waals surface area contributed by atoms with Gasteiger partial charge in [-0.2, -0.15) is 10.4 Å². The number of aromatic hydroxyl groups is 1. The number of carbonyl (C=O) groups is 1. The lowest BCUT2D eigenvalue weighted by Gasteiger charge is -2.06. The lowest BCUT2D eigenvalue weighted by molar-refractivity contribution is -0.123. The van der Waals surface area contributed by atoms with Gasteiger partial charge in [0.1, 0.15) is 17.6 Å². The number of rotatable bonds is 5. The number of hydrogen-bond donors (Lipinski definition) is 2. The predicted octanol–water partition coefficient (Wildman–Crippen LogP) is 2.45. The first-order valence-electron chi connectivity index (χ1n) is 6.52. The van der Waals surface area contributed by atoms with Gasteiger partial charge in [0, 0.05) is 10.6 Å². The number of para-hydroxylation sites is 1. The van der Waals surface area contributed by atoms with Gasteiger partial charge in [0.25, 0.3) is 5.91 Å². The van der Waals surface area contributed by atoms with E-state index in [4.69, 9.17) is 21.6 Å². The van der Waals surface area contributed by atoms with Crippen LogP contribution in [0.25, 0.3) is 0 Å². The van der Waals surface area contributed by atoms with Crippen LogP contribution >= 0.6 is 11.6 Å². The van der Waals surface area contributed by atoms with Crippen LogP contribution in [0.4, 0.5) is 0 Å². The molecule has 0 unspecified atom stereocenters. The van der Waals surface area contributed by atoms with Crippen LogP contribution in [0.15, 0.2) is 47.6 Å². The number of nitriles is 1. The molecule has 6 nitrogen and oxygen atoms in total. The number of nitrogens with one attached hydrogen (secondary N) is 1. The van der Waals surface area contributed by atoms with Crippen molar-refractivity contribution in [2.24, 2.45) is 5.10 Å². The van der Waals surface area contributed by atoms with E-state index in [-0.39, 0.29) is 12.4 Å². The van der Waals surface area contributed by atoms with Gasteiger partial charge in [0.15, 0.2) is 6.61 Å². The fourth-order valence-electron chi connectivity index (χ4n) is 1.66. The van der Waals surface area contributed by atoms with Gasteiger partial charge in [-0.05, 0) is 30.3 Å². The van der Waals surface area contributed by atoms with Crippen LogP contribution in [-0.2, 0) is 4.79 Å². The zero-order valence-corrected chi connectivity index (χ0v) is 12.6. The second-order valence-corrected chi connectivity index (χ2v) is 4.83. The molecule has 0 aliphatic rings. The Hall–Kier alpha value is -3.04. The second kappa shape index (κ2) is 7.82. The summed E-state index contributed by atoms with van der Waals surface area (Å²) in [6.07, 6.45) is 1.27. The highest BCUT2D eigenvalue weighted by Gasteiger charge is 2.05. The number of phenolic OH excluding ortho intramolecular Hbond substituents is 1. The number of ether oxygens (including phenoxy) is 1. The van der Waals surface area contributed by atoms with Gasteiger partial charge in [-0.15, -0.1) is 0 Å². The minimum Gasteiger partial charge on any atom is -0.507 e. The summed E-state index contributed by atoms with van der Waals surface area (Å²) in [5.74, 6) is -0.191. The van der Waals surface area contributed by atoms with Gasteiger partial charge < -0.3 is 9.84 Å². The highest BCUT2D eigenvalue weighted by molar-refractivity contribution is 6.30. The molecule has 116 valence electrons. The van der Waals surface area contributed by atoms with Crippen molar-refractivity contribution in [1.82, 2.24) is 5.43 Å². The summed E-state index contributed by atoms with van der Waals surface area (Å²) in [5, 5.41) is 22.7. The summed E-state index contributed by atoms with van der Waals surface area (Å²) in [6.45, 7) is -0.294. The van der Waals surface area contributed by atoms with Crippen LogP contribution in [0, 0.1) is 11.3 Å². The number of phenols is 1. The van der Waals surface area contributed by atoms with Gasteiger partial charge in [0.2, 0.25) is 0 Å². The molecule has 23 heavy (non-hydrogen) atoms. The van der Waals surface area contributed by atoms with Gasteiger partial charge in [-0.25, -0.2) is 5.43 Å². The lowest BCUT2D eigenvalue weighted by Crippen LogP contribution is -2.24. The van der Waals surface area contributed by atoms with Crippen LogP contribution in [0.2, 0.25) is 5.02 Å². The molecule has 0 fully saturated rings. The van der Waals surface area contributed by atoms with E-state index in [1.54, 1.807) is 24.3 Å². The van der Waals surface area contributed by atoms with Crippen molar-refractivity contribution >= 4 is 23.7 Å². The summed E-state index contributed by atoms with van der Waals surface area (Å²) in [7, 11) is 0. The van der Waals surface area contributed by atoms with E-state index >= 15 is 0 Å². The Morgan fingerprint density at radius 3 is 2.96 bits per heavy atom. The van der Waals surface area contributed by atoms with E-state index in [2.05, 4.69) is 10.5 Å². The predicted molar refractivity (Wildman–Crippen MR) is 85.5 cm³/mol. The zero-order valence-electron chi connectivity index (χ0n) is 11.9. The molecular formula is C16H12ClN3O3. The maximum absolute atomic E-state index is 11.6. The van der Waals surface area contributed by atoms with Crippen molar-refractivity contribution in [1.29, 1.82) is 5.26 Å². The van der Waals surface area contributed by atoms with Crippen molar-refractivity contribution in [3.63, 3.8) is 0 Å². The first kappa shape index (κ1) is 16.3. The van der Waals surface area contributed by atoms with E-state index in [1.807, 2.05) is 6.07 Å². The maximum atomic E-state index is 11.6. The largest absolute Gasteiger partial charge is 0.507 e. The Morgan fingerprint density at radius 2 is 2.17 bits per heavy atom. The molecule has 0 saturated carbocycles. The van der Waals surface area contributed by atoms with E-state index in [9.17, 15) is 9.90 Å². The number of hydrazone groups is 1. The third-order valence-electron chi connectivity index (χ3n) is 2.75. The van der Waals surface area contributed by atoms with Gasteiger partial charge in [0.05, 0.1) is 11.8 Å². The Morgan fingerprint density at radius 1 is 1.39 bits per heavy atom. The van der Waals surface area contributed by atoms with Crippen molar-refractivity contribution in [3.05, 3.63) is 58.6 Å². The Balaban J connectivity index is 1.89. The Bertz CT molecular complexity index is 784. The molecule has 0 radical (unpaired) electrons. The molecule has 0 bridgehead atoms. The summed E-state index contributed by atoms with van der Waals surface area (Å²) in [6, 6.07) is 13.0. The SMILES string of the molecule is N#Cc1ccccc1OCC(=O)N/N=C/c1cc(Cl)ccc1O. The van der Waals surface area contributed by atoms with Crippen LogP contribution in [0.3, 0.4) is 0 Å². The van der Waals surface area contributed by atoms with Crippen molar-refractivity contribution in [2.75, 3.05) is 6.61 Å². The third-order valence-corrected chi connectivity index (χ3v) is 2.98. The lowest BCUT2D eigenvalue weighted by atomic mass is 10.2. The molecule has 0 aliphatic carbocycles. The molecular weight excluding hydrogens is 318 g/mol. The molecule has 0 aromatic heterocycles. The number of nitrogens with zero attached hydrogens (tertiary/aromatic N) is 2. The molecule has 0 saturated heterocycles. The topological polar surface area (TPSA) is 94.7 Å². The molecule has 0 spiro atoms. The zero-order chi connectivity index (χ0) is 16.7. The highest BCUT2D eigenvalue weighted by Crippen LogP contribution is 2.19. The van der Waals surface area contributed by atoms with Crippen LogP contribution in [0.1, 0.15) is 11.1 Å².